The van der Waals surface area contributed by atoms with Gasteiger partial charge >= 0.3 is 6.30 Å². The van der Waals surface area contributed by atoms with Crippen LogP contribution in [0, 0.1) is 0 Å². The fraction of sp³-hybridized carbons (Fsp3) is 0.500. The van der Waals surface area contributed by atoms with Gasteiger partial charge in [0.25, 0.3) is 0 Å². The number of alkyl halides is 3. The van der Waals surface area contributed by atoms with Gasteiger partial charge in [-0.1, -0.05) is 5.21 Å². The second kappa shape index (κ2) is 2.50. The average Bonchev–Trinajstić information content (AvgIpc) is 2.32. The Bertz CT molecular complexity index is 240. The maximum atomic E-state index is 11.8. The van der Waals surface area contributed by atoms with E-state index in [1.165, 1.54) is 0 Å². The first kappa shape index (κ1) is 7.99. The van der Waals surface area contributed by atoms with Gasteiger partial charge in [0.05, 0.1) is 11.9 Å². The van der Waals surface area contributed by atoms with E-state index < -0.39 is 6.30 Å². The minimum atomic E-state index is -4.50. The standard InChI is InChI=1S/C4H5F3N4/c5-4(6,7)11-2-3(1-8)9-10-11/h2H,1,8H2. The minimum Gasteiger partial charge on any atom is -0.325 e. The van der Waals surface area contributed by atoms with Crippen molar-refractivity contribution in [1.29, 1.82) is 0 Å². The second-order valence-electron chi connectivity index (χ2n) is 1.83. The van der Waals surface area contributed by atoms with Crippen LogP contribution in [0.4, 0.5) is 13.2 Å². The highest BCUT2D eigenvalue weighted by molar-refractivity contribution is 4.90. The van der Waals surface area contributed by atoms with Crippen LogP contribution in [0.2, 0.25) is 0 Å². The van der Waals surface area contributed by atoms with Crippen molar-refractivity contribution in [2.45, 2.75) is 12.8 Å². The normalized spacial score (nSPS) is 12.0. The molecule has 1 heterocycles. The topological polar surface area (TPSA) is 56.7 Å². The number of nitrogens with two attached hydrogens (primary N) is 1. The number of halogens is 3. The second-order valence-corrected chi connectivity index (χ2v) is 1.83. The van der Waals surface area contributed by atoms with Gasteiger partial charge in [-0.05, 0) is 0 Å². The van der Waals surface area contributed by atoms with Gasteiger partial charge in [0, 0.05) is 6.54 Å². The van der Waals surface area contributed by atoms with Crippen LogP contribution in [0.3, 0.4) is 0 Å². The lowest BCUT2D eigenvalue weighted by Gasteiger charge is -2.02. The Kier molecular flexibility index (Phi) is 1.81. The van der Waals surface area contributed by atoms with Crippen LogP contribution in [0.25, 0.3) is 0 Å². The van der Waals surface area contributed by atoms with E-state index in [9.17, 15) is 13.2 Å². The summed E-state index contributed by atoms with van der Waals surface area (Å²) in [5.41, 5.74) is 5.14. The fourth-order valence-electron chi connectivity index (χ4n) is 0.516. The molecule has 0 saturated carbocycles. The predicted octanol–water partition coefficient (Wildman–Crippen LogP) is 0.213. The van der Waals surface area contributed by atoms with Crippen molar-refractivity contribution in [2.75, 3.05) is 0 Å². The lowest BCUT2D eigenvalue weighted by molar-refractivity contribution is -0.213. The molecule has 0 fully saturated rings. The van der Waals surface area contributed by atoms with Crippen molar-refractivity contribution in [2.24, 2.45) is 5.73 Å². The largest absolute Gasteiger partial charge is 0.505 e. The van der Waals surface area contributed by atoms with Crippen LogP contribution >= 0.6 is 0 Å². The average molecular weight is 166 g/mol. The van der Waals surface area contributed by atoms with Crippen molar-refractivity contribution in [3.63, 3.8) is 0 Å². The summed E-state index contributed by atoms with van der Waals surface area (Å²) in [4.78, 5) is 0. The number of nitrogens with zero attached hydrogens (tertiary/aromatic N) is 3. The SMILES string of the molecule is NCc1cn(C(F)(F)F)nn1. The first-order chi connectivity index (χ1) is 5.04. The molecule has 0 bridgehead atoms. The molecule has 0 aromatic carbocycles. The summed E-state index contributed by atoms with van der Waals surface area (Å²) in [6.07, 6.45) is -3.75. The molecule has 4 nitrogen and oxygen atoms in total. The van der Waals surface area contributed by atoms with Crippen molar-refractivity contribution < 1.29 is 13.2 Å². The molecule has 1 aromatic heterocycles. The van der Waals surface area contributed by atoms with Gasteiger partial charge in [-0.15, -0.1) is 18.3 Å². The zero-order chi connectivity index (χ0) is 8.48. The third kappa shape index (κ3) is 1.67. The van der Waals surface area contributed by atoms with E-state index in [0.717, 1.165) is 6.20 Å². The quantitative estimate of drug-likeness (QED) is 0.648. The molecule has 0 amide bonds. The fourth-order valence-corrected chi connectivity index (χ4v) is 0.516. The van der Waals surface area contributed by atoms with E-state index in [1.807, 2.05) is 0 Å². The number of rotatable bonds is 1. The Morgan fingerprint density at radius 3 is 2.45 bits per heavy atom. The molecule has 0 aliphatic carbocycles. The molecule has 0 aliphatic heterocycles. The highest BCUT2D eigenvalue weighted by Crippen LogP contribution is 2.19. The highest BCUT2D eigenvalue weighted by atomic mass is 19.4. The lowest BCUT2D eigenvalue weighted by atomic mass is 10.5. The Morgan fingerprint density at radius 1 is 1.55 bits per heavy atom. The van der Waals surface area contributed by atoms with Gasteiger partial charge in [-0.25, -0.2) is 0 Å². The summed E-state index contributed by atoms with van der Waals surface area (Å²) in [6, 6.07) is 0. The third-order valence-corrected chi connectivity index (χ3v) is 1.01. The van der Waals surface area contributed by atoms with Crippen LogP contribution in [0.15, 0.2) is 6.20 Å². The van der Waals surface area contributed by atoms with E-state index in [2.05, 4.69) is 10.3 Å². The summed E-state index contributed by atoms with van der Waals surface area (Å²) >= 11 is 0. The Hall–Kier alpha value is -1.11. The first-order valence-corrected chi connectivity index (χ1v) is 2.72. The maximum Gasteiger partial charge on any atom is 0.505 e. The molecule has 62 valence electrons. The molecule has 0 unspecified atom stereocenters. The van der Waals surface area contributed by atoms with Crippen molar-refractivity contribution in [1.82, 2.24) is 15.0 Å². The maximum absolute atomic E-state index is 11.8. The summed E-state index contributed by atoms with van der Waals surface area (Å²) < 4.78 is 35.1. The number of aromatic nitrogens is 3. The van der Waals surface area contributed by atoms with Crippen LogP contribution in [0.1, 0.15) is 5.69 Å². The van der Waals surface area contributed by atoms with Gasteiger partial charge in [-0.2, -0.15) is 4.68 Å². The smallest absolute Gasteiger partial charge is 0.325 e. The Balaban J connectivity index is 2.89. The summed E-state index contributed by atoms with van der Waals surface area (Å²) in [6.45, 7) is -0.0456. The monoisotopic (exact) mass is 166 g/mol. The molecule has 1 rings (SSSR count). The van der Waals surface area contributed by atoms with Crippen LogP contribution in [-0.4, -0.2) is 15.0 Å². The first-order valence-electron chi connectivity index (χ1n) is 2.72. The van der Waals surface area contributed by atoms with E-state index in [-0.39, 0.29) is 16.9 Å². The summed E-state index contributed by atoms with van der Waals surface area (Å²) in [5.74, 6) is 0. The van der Waals surface area contributed by atoms with Crippen LogP contribution in [-0.2, 0) is 12.8 Å². The van der Waals surface area contributed by atoms with Gasteiger partial charge in [0.2, 0.25) is 0 Å². The molecule has 7 heteroatoms. The van der Waals surface area contributed by atoms with E-state index >= 15 is 0 Å². The Morgan fingerprint density at radius 2 is 2.18 bits per heavy atom. The van der Waals surface area contributed by atoms with Crippen molar-refractivity contribution in [3.8, 4) is 0 Å². The lowest BCUT2D eigenvalue weighted by Crippen LogP contribution is -2.17. The number of hydrogen-bond donors (Lipinski definition) is 1. The van der Waals surface area contributed by atoms with Gasteiger partial charge in [0.15, 0.2) is 0 Å². The molecular weight excluding hydrogens is 161 g/mol. The highest BCUT2D eigenvalue weighted by Gasteiger charge is 2.32. The summed E-state index contributed by atoms with van der Waals surface area (Å²) in [7, 11) is 0. The van der Waals surface area contributed by atoms with Gasteiger partial charge in [0.1, 0.15) is 0 Å². The third-order valence-electron chi connectivity index (χ3n) is 1.01. The summed E-state index contributed by atoms with van der Waals surface area (Å²) in [5, 5.41) is 5.99. The molecule has 0 aliphatic rings. The Labute approximate surface area is 59.8 Å². The molecule has 0 radical (unpaired) electrons. The van der Waals surface area contributed by atoms with Gasteiger partial charge < -0.3 is 5.73 Å². The molecule has 1 aromatic rings. The van der Waals surface area contributed by atoms with Crippen molar-refractivity contribution >= 4 is 0 Å². The van der Waals surface area contributed by atoms with E-state index in [1.54, 1.807) is 0 Å². The predicted molar refractivity (Wildman–Crippen MR) is 29.2 cm³/mol. The molecule has 0 atom stereocenters. The molecular formula is C4H5F3N4. The van der Waals surface area contributed by atoms with Gasteiger partial charge in [-0.3, -0.25) is 0 Å². The zero-order valence-corrected chi connectivity index (χ0v) is 5.34. The molecule has 2 N–H and O–H groups in total. The van der Waals surface area contributed by atoms with Crippen LogP contribution < -0.4 is 5.73 Å². The molecule has 0 saturated heterocycles. The van der Waals surface area contributed by atoms with E-state index in [4.69, 9.17) is 5.73 Å². The molecule has 11 heavy (non-hydrogen) atoms. The number of hydrogen-bond acceptors (Lipinski definition) is 3. The minimum absolute atomic E-state index is 0.0456. The van der Waals surface area contributed by atoms with Crippen LogP contribution in [0.5, 0.6) is 0 Å². The van der Waals surface area contributed by atoms with Crippen molar-refractivity contribution in [3.05, 3.63) is 11.9 Å². The van der Waals surface area contributed by atoms with E-state index in [0.29, 0.717) is 0 Å². The zero-order valence-electron chi connectivity index (χ0n) is 5.34. The molecule has 0 spiro atoms.